The molecule has 1 aromatic carbocycles. The molecule has 1 nitrogen and oxygen atoms in total. The molecular formula is C16H23ClNP. The zero-order valence-electron chi connectivity index (χ0n) is 12.4. The van der Waals surface area contributed by atoms with Crippen LogP contribution < -0.4 is 0 Å². The Labute approximate surface area is 123 Å². The van der Waals surface area contributed by atoms with Gasteiger partial charge in [0.05, 0.1) is 5.71 Å². The monoisotopic (exact) mass is 295 g/mol. The van der Waals surface area contributed by atoms with Crippen LogP contribution in [-0.2, 0) is 0 Å². The van der Waals surface area contributed by atoms with E-state index in [1.54, 1.807) is 0 Å². The lowest BCUT2D eigenvalue weighted by Gasteiger charge is -2.26. The van der Waals surface area contributed by atoms with Crippen molar-refractivity contribution in [3.05, 3.63) is 46.2 Å². The second-order valence-corrected chi connectivity index (χ2v) is 9.32. The zero-order valence-corrected chi connectivity index (χ0v) is 14.0. The van der Waals surface area contributed by atoms with E-state index in [1.807, 2.05) is 30.3 Å². The smallest absolute Gasteiger partial charge is 0.0615 e. The van der Waals surface area contributed by atoms with Crippen LogP contribution in [0.5, 0.6) is 0 Å². The van der Waals surface area contributed by atoms with Crippen molar-refractivity contribution >= 4 is 25.2 Å². The number of halogens is 1. The Bertz CT molecular complexity index is 452. The number of rotatable bonds is 5. The van der Waals surface area contributed by atoms with Crippen LogP contribution in [0.25, 0.3) is 0 Å². The molecule has 1 N–H and O–H groups in total. The van der Waals surface area contributed by atoms with Crippen molar-refractivity contribution in [1.29, 1.82) is 5.41 Å². The predicted molar refractivity (Wildman–Crippen MR) is 89.2 cm³/mol. The molecule has 0 aliphatic carbocycles. The highest BCUT2D eigenvalue weighted by Gasteiger charge is 2.18. The quantitative estimate of drug-likeness (QED) is 0.516. The van der Waals surface area contributed by atoms with Crippen molar-refractivity contribution in [2.45, 2.75) is 45.9 Å². The number of hydrogen-bond donors (Lipinski definition) is 1. The summed E-state index contributed by atoms with van der Waals surface area (Å²) in [5.74, 6) is 0. The van der Waals surface area contributed by atoms with Gasteiger partial charge in [0.15, 0.2) is 0 Å². The van der Waals surface area contributed by atoms with Crippen molar-refractivity contribution < 1.29 is 0 Å². The van der Waals surface area contributed by atoms with Crippen LogP contribution in [0, 0.1) is 5.41 Å². The van der Waals surface area contributed by atoms with Gasteiger partial charge in [-0.2, -0.15) is 0 Å². The van der Waals surface area contributed by atoms with E-state index in [9.17, 15) is 0 Å². The molecule has 0 saturated carbocycles. The number of benzene rings is 1. The van der Waals surface area contributed by atoms with Crippen LogP contribution in [0.15, 0.2) is 35.7 Å². The molecule has 104 valence electrons. The van der Waals surface area contributed by atoms with Gasteiger partial charge in [0, 0.05) is 5.02 Å². The lowest BCUT2D eigenvalue weighted by atomic mass is 10.1. The molecule has 0 spiro atoms. The summed E-state index contributed by atoms with van der Waals surface area (Å²) in [6.07, 6.45) is 2.02. The molecule has 0 amide bonds. The standard InChI is InChI=1S/C16H23ClNP/c1-11(2)19(12(3)4)13(5)10-16(18)14-6-8-15(17)9-7-14/h6-12,18H,1-5H3/b13-10+,18-16?. The summed E-state index contributed by atoms with van der Waals surface area (Å²) in [7, 11) is -0.175. The van der Waals surface area contributed by atoms with Crippen molar-refractivity contribution in [3.8, 4) is 0 Å². The first-order chi connectivity index (χ1) is 8.82. The molecule has 0 unspecified atom stereocenters. The molecule has 3 heteroatoms. The van der Waals surface area contributed by atoms with Crippen molar-refractivity contribution in [2.24, 2.45) is 0 Å². The van der Waals surface area contributed by atoms with Gasteiger partial charge in [0.25, 0.3) is 0 Å². The minimum Gasteiger partial charge on any atom is -0.300 e. The molecule has 0 saturated heterocycles. The van der Waals surface area contributed by atoms with Gasteiger partial charge < -0.3 is 5.41 Å². The lowest BCUT2D eigenvalue weighted by Crippen LogP contribution is -2.05. The molecule has 0 aliphatic rings. The van der Waals surface area contributed by atoms with Crippen LogP contribution in [0.3, 0.4) is 0 Å². The van der Waals surface area contributed by atoms with Gasteiger partial charge in [-0.05, 0) is 47.3 Å². The summed E-state index contributed by atoms with van der Waals surface area (Å²) in [5.41, 5.74) is 2.81. The summed E-state index contributed by atoms with van der Waals surface area (Å²) in [6.45, 7) is 11.3. The average Bonchev–Trinajstić information content (AvgIpc) is 2.28. The Morgan fingerprint density at radius 2 is 1.58 bits per heavy atom. The fourth-order valence-corrected chi connectivity index (χ4v) is 5.63. The predicted octanol–water partition coefficient (Wildman–Crippen LogP) is 5.91. The van der Waals surface area contributed by atoms with Crippen LogP contribution in [0.2, 0.25) is 5.02 Å². The highest BCUT2D eigenvalue weighted by molar-refractivity contribution is 7.63. The second kappa shape index (κ2) is 7.22. The SMILES string of the molecule is C/C(=C\C(=N)c1ccc(Cl)cc1)P(C(C)C)C(C)C. The van der Waals surface area contributed by atoms with E-state index in [2.05, 4.69) is 34.6 Å². The third-order valence-electron chi connectivity index (χ3n) is 3.03. The van der Waals surface area contributed by atoms with Crippen molar-refractivity contribution in [3.63, 3.8) is 0 Å². The van der Waals surface area contributed by atoms with Crippen LogP contribution >= 0.6 is 19.5 Å². The maximum absolute atomic E-state index is 8.20. The highest BCUT2D eigenvalue weighted by atomic mass is 35.5. The van der Waals surface area contributed by atoms with Gasteiger partial charge in [0.1, 0.15) is 0 Å². The molecule has 0 aromatic heterocycles. The second-order valence-electron chi connectivity index (χ2n) is 5.30. The summed E-state index contributed by atoms with van der Waals surface area (Å²) in [5, 5.41) is 10.3. The summed E-state index contributed by atoms with van der Waals surface area (Å²) < 4.78 is 0. The fourth-order valence-electron chi connectivity index (χ4n) is 2.41. The fraction of sp³-hybridized carbons (Fsp3) is 0.438. The molecule has 1 rings (SSSR count). The van der Waals surface area contributed by atoms with E-state index in [1.165, 1.54) is 5.31 Å². The Balaban J connectivity index is 2.94. The highest BCUT2D eigenvalue weighted by Crippen LogP contribution is 2.53. The maximum atomic E-state index is 8.20. The molecule has 0 bridgehead atoms. The van der Waals surface area contributed by atoms with Gasteiger partial charge in [-0.3, -0.25) is 0 Å². The molecule has 19 heavy (non-hydrogen) atoms. The van der Waals surface area contributed by atoms with Crippen molar-refractivity contribution in [1.82, 2.24) is 0 Å². The maximum Gasteiger partial charge on any atom is 0.0615 e. The average molecular weight is 296 g/mol. The minimum atomic E-state index is -0.175. The summed E-state index contributed by atoms with van der Waals surface area (Å²) >= 11 is 5.87. The topological polar surface area (TPSA) is 23.9 Å². The van der Waals surface area contributed by atoms with Gasteiger partial charge >= 0.3 is 0 Å². The van der Waals surface area contributed by atoms with E-state index in [4.69, 9.17) is 17.0 Å². The van der Waals surface area contributed by atoms with Gasteiger partial charge in [-0.25, -0.2) is 0 Å². The van der Waals surface area contributed by atoms with Crippen LogP contribution in [0.1, 0.15) is 40.2 Å². The minimum absolute atomic E-state index is 0.175. The Morgan fingerprint density at radius 1 is 1.11 bits per heavy atom. The molecule has 0 heterocycles. The Morgan fingerprint density at radius 3 is 2.00 bits per heavy atom. The summed E-state index contributed by atoms with van der Waals surface area (Å²) in [4.78, 5) is 0. The zero-order chi connectivity index (χ0) is 14.6. The van der Waals surface area contributed by atoms with E-state index >= 15 is 0 Å². The number of allylic oxidation sites excluding steroid dienone is 2. The third kappa shape index (κ3) is 4.75. The normalized spacial score (nSPS) is 12.6. The van der Waals surface area contributed by atoms with Gasteiger partial charge in [0.2, 0.25) is 0 Å². The molecule has 0 aliphatic heterocycles. The van der Waals surface area contributed by atoms with Crippen molar-refractivity contribution in [2.75, 3.05) is 0 Å². The van der Waals surface area contributed by atoms with Crippen LogP contribution in [0.4, 0.5) is 0 Å². The molecular weight excluding hydrogens is 273 g/mol. The molecule has 0 radical (unpaired) electrons. The molecule has 0 atom stereocenters. The Hall–Kier alpha value is -0.650. The van der Waals surface area contributed by atoms with Gasteiger partial charge in [-0.1, -0.05) is 59.4 Å². The number of nitrogens with one attached hydrogen (secondary N) is 1. The largest absolute Gasteiger partial charge is 0.300 e. The lowest BCUT2D eigenvalue weighted by molar-refractivity contribution is 1.01. The first-order valence-electron chi connectivity index (χ1n) is 6.64. The van der Waals surface area contributed by atoms with E-state index < -0.39 is 0 Å². The van der Waals surface area contributed by atoms with Crippen LogP contribution in [-0.4, -0.2) is 17.0 Å². The van der Waals surface area contributed by atoms with E-state index in [0.717, 1.165) is 5.56 Å². The Kier molecular flexibility index (Phi) is 6.23. The molecule has 0 fully saturated rings. The third-order valence-corrected chi connectivity index (χ3v) is 6.45. The first kappa shape index (κ1) is 16.4. The first-order valence-corrected chi connectivity index (χ1v) is 8.50. The van der Waals surface area contributed by atoms with E-state index in [-0.39, 0.29) is 7.92 Å². The van der Waals surface area contributed by atoms with Gasteiger partial charge in [-0.15, -0.1) is 0 Å². The number of hydrogen-bond acceptors (Lipinski definition) is 1. The van der Waals surface area contributed by atoms with E-state index in [0.29, 0.717) is 22.1 Å². The summed E-state index contributed by atoms with van der Waals surface area (Å²) in [6, 6.07) is 7.48. The molecule has 1 aromatic rings.